The summed E-state index contributed by atoms with van der Waals surface area (Å²) in [5, 5.41) is 0. The van der Waals surface area contributed by atoms with Gasteiger partial charge in [0.1, 0.15) is 6.10 Å². The molecule has 1 aliphatic carbocycles. The van der Waals surface area contributed by atoms with Gasteiger partial charge >= 0.3 is 5.97 Å². The molecule has 0 radical (unpaired) electrons. The molecule has 1 heterocycles. The molecule has 1 aromatic heterocycles. The molecule has 1 saturated carbocycles. The first-order valence-electron chi connectivity index (χ1n) is 6.24. The van der Waals surface area contributed by atoms with Gasteiger partial charge in [0.25, 0.3) is 0 Å². The molecular formula is C13H18N2O3. The van der Waals surface area contributed by atoms with Crippen molar-refractivity contribution >= 4 is 5.97 Å². The summed E-state index contributed by atoms with van der Waals surface area (Å²) < 4.78 is 10.2. The lowest BCUT2D eigenvalue weighted by molar-refractivity contribution is 0.0523. The van der Waals surface area contributed by atoms with Gasteiger partial charge in [-0.25, -0.2) is 14.8 Å². The summed E-state index contributed by atoms with van der Waals surface area (Å²) in [6.07, 6.45) is 3.54. The van der Waals surface area contributed by atoms with Gasteiger partial charge in [-0.2, -0.15) is 0 Å². The zero-order valence-corrected chi connectivity index (χ0v) is 11.0. The highest BCUT2D eigenvalue weighted by atomic mass is 16.5. The Hall–Kier alpha value is -1.49. The van der Waals surface area contributed by atoms with E-state index in [0.29, 0.717) is 23.9 Å². The predicted molar refractivity (Wildman–Crippen MR) is 65.4 cm³/mol. The normalized spacial score (nSPS) is 16.4. The molecule has 2 rings (SSSR count). The van der Waals surface area contributed by atoms with Crippen molar-refractivity contribution < 1.29 is 14.3 Å². The lowest BCUT2D eigenvalue weighted by atomic mass is 10.1. The molecule has 5 heteroatoms. The molecule has 0 N–H and O–H groups in total. The molecule has 0 aromatic carbocycles. The number of methoxy groups -OCH3 is 1. The zero-order chi connectivity index (χ0) is 13.1. The highest BCUT2D eigenvalue weighted by Gasteiger charge is 2.31. The van der Waals surface area contributed by atoms with E-state index in [2.05, 4.69) is 9.97 Å². The van der Waals surface area contributed by atoms with Crippen molar-refractivity contribution in [3.63, 3.8) is 0 Å². The van der Waals surface area contributed by atoms with Crippen LogP contribution in [0.3, 0.4) is 0 Å². The molecule has 1 atom stereocenters. The molecule has 5 nitrogen and oxygen atoms in total. The Morgan fingerprint density at radius 3 is 2.83 bits per heavy atom. The van der Waals surface area contributed by atoms with Crippen molar-refractivity contribution in [1.82, 2.24) is 9.97 Å². The van der Waals surface area contributed by atoms with Gasteiger partial charge < -0.3 is 9.47 Å². The first-order chi connectivity index (χ1) is 8.67. The quantitative estimate of drug-likeness (QED) is 0.750. The Morgan fingerprint density at radius 1 is 1.56 bits per heavy atom. The van der Waals surface area contributed by atoms with Crippen LogP contribution in [0.5, 0.6) is 0 Å². The van der Waals surface area contributed by atoms with Gasteiger partial charge in [-0.3, -0.25) is 0 Å². The smallest absolute Gasteiger partial charge is 0.341 e. The molecule has 1 unspecified atom stereocenters. The van der Waals surface area contributed by atoms with Crippen LogP contribution in [0.15, 0.2) is 6.20 Å². The minimum Gasteiger partial charge on any atom is -0.462 e. The van der Waals surface area contributed by atoms with Crippen LogP contribution in [0, 0.1) is 0 Å². The molecule has 18 heavy (non-hydrogen) atoms. The fourth-order valence-electron chi connectivity index (χ4n) is 1.74. The third-order valence-electron chi connectivity index (χ3n) is 3.01. The van der Waals surface area contributed by atoms with Gasteiger partial charge in [0, 0.05) is 19.2 Å². The Balaban J connectivity index is 2.32. The van der Waals surface area contributed by atoms with E-state index in [-0.39, 0.29) is 12.1 Å². The molecule has 0 bridgehead atoms. The van der Waals surface area contributed by atoms with Crippen LogP contribution in [0.4, 0.5) is 0 Å². The maximum Gasteiger partial charge on any atom is 0.341 e. The Labute approximate surface area is 107 Å². The molecule has 1 fully saturated rings. The second kappa shape index (κ2) is 5.44. The Morgan fingerprint density at radius 2 is 2.28 bits per heavy atom. The summed E-state index contributed by atoms with van der Waals surface area (Å²) in [5.74, 6) is 0.652. The number of nitrogens with zero attached hydrogens (tertiary/aromatic N) is 2. The van der Waals surface area contributed by atoms with Gasteiger partial charge in [-0.15, -0.1) is 0 Å². The number of hydrogen-bond acceptors (Lipinski definition) is 5. The molecule has 0 aliphatic heterocycles. The van der Waals surface area contributed by atoms with Crippen molar-refractivity contribution in [1.29, 1.82) is 0 Å². The monoisotopic (exact) mass is 250 g/mol. The van der Waals surface area contributed by atoms with E-state index in [4.69, 9.17) is 9.47 Å². The van der Waals surface area contributed by atoms with Crippen LogP contribution >= 0.6 is 0 Å². The second-order valence-electron chi connectivity index (χ2n) is 4.40. The van der Waals surface area contributed by atoms with E-state index in [9.17, 15) is 4.79 Å². The average molecular weight is 250 g/mol. The summed E-state index contributed by atoms with van der Waals surface area (Å²) >= 11 is 0. The number of carbonyl (C=O) groups excluding carboxylic acids is 1. The standard InChI is InChI=1S/C13H18N2O3/c1-4-18-13(16)10-7-14-12(8(2)17-3)15-11(10)9-5-6-9/h7-9H,4-6H2,1-3H3. The molecular weight excluding hydrogens is 232 g/mol. The van der Waals surface area contributed by atoms with Gasteiger partial charge in [-0.05, 0) is 26.7 Å². The molecule has 0 amide bonds. The average Bonchev–Trinajstić information content (AvgIpc) is 3.21. The van der Waals surface area contributed by atoms with E-state index in [1.807, 2.05) is 6.92 Å². The first-order valence-corrected chi connectivity index (χ1v) is 6.24. The van der Waals surface area contributed by atoms with Crippen LogP contribution in [0.1, 0.15) is 60.6 Å². The van der Waals surface area contributed by atoms with Crippen molar-refractivity contribution in [2.75, 3.05) is 13.7 Å². The lowest BCUT2D eigenvalue weighted by Crippen LogP contribution is -2.13. The van der Waals surface area contributed by atoms with Crippen LogP contribution in [0.2, 0.25) is 0 Å². The van der Waals surface area contributed by atoms with E-state index in [1.54, 1.807) is 20.2 Å². The second-order valence-corrected chi connectivity index (χ2v) is 4.40. The topological polar surface area (TPSA) is 61.3 Å². The highest BCUT2D eigenvalue weighted by molar-refractivity contribution is 5.90. The third-order valence-corrected chi connectivity index (χ3v) is 3.01. The van der Waals surface area contributed by atoms with Crippen molar-refractivity contribution in [3.8, 4) is 0 Å². The largest absolute Gasteiger partial charge is 0.462 e. The summed E-state index contributed by atoms with van der Waals surface area (Å²) in [6.45, 7) is 4.03. The maximum atomic E-state index is 11.8. The molecule has 98 valence electrons. The van der Waals surface area contributed by atoms with Crippen LogP contribution in [-0.2, 0) is 9.47 Å². The summed E-state index contributed by atoms with van der Waals surface area (Å²) in [5.41, 5.74) is 1.30. The van der Waals surface area contributed by atoms with Crippen LogP contribution in [0.25, 0.3) is 0 Å². The van der Waals surface area contributed by atoms with E-state index in [1.165, 1.54) is 0 Å². The number of ether oxygens (including phenoxy) is 2. The van der Waals surface area contributed by atoms with Gasteiger partial charge in [0.05, 0.1) is 17.9 Å². The number of esters is 1. The molecule has 1 aliphatic rings. The van der Waals surface area contributed by atoms with Gasteiger partial charge in [-0.1, -0.05) is 0 Å². The van der Waals surface area contributed by atoms with Crippen LogP contribution < -0.4 is 0 Å². The number of aromatic nitrogens is 2. The van der Waals surface area contributed by atoms with Gasteiger partial charge in [0.2, 0.25) is 0 Å². The molecule has 1 aromatic rings. The minimum absolute atomic E-state index is 0.168. The fourth-order valence-corrected chi connectivity index (χ4v) is 1.74. The highest BCUT2D eigenvalue weighted by Crippen LogP contribution is 2.40. The Bertz CT molecular complexity index is 444. The summed E-state index contributed by atoms with van der Waals surface area (Å²) in [6, 6.07) is 0. The lowest BCUT2D eigenvalue weighted by Gasteiger charge is -2.12. The predicted octanol–water partition coefficient (Wildman–Crippen LogP) is 2.24. The van der Waals surface area contributed by atoms with Crippen molar-refractivity contribution in [2.24, 2.45) is 0 Å². The Kier molecular flexibility index (Phi) is 3.91. The van der Waals surface area contributed by atoms with E-state index < -0.39 is 0 Å². The van der Waals surface area contributed by atoms with E-state index in [0.717, 1.165) is 18.5 Å². The summed E-state index contributed by atoms with van der Waals surface area (Å²) in [4.78, 5) is 20.5. The third kappa shape index (κ3) is 2.67. The number of rotatable bonds is 5. The number of hydrogen-bond donors (Lipinski definition) is 0. The molecule has 0 spiro atoms. The summed E-state index contributed by atoms with van der Waals surface area (Å²) in [7, 11) is 1.62. The zero-order valence-electron chi connectivity index (χ0n) is 11.0. The first kappa shape index (κ1) is 13.0. The van der Waals surface area contributed by atoms with Crippen molar-refractivity contribution in [3.05, 3.63) is 23.3 Å². The van der Waals surface area contributed by atoms with Crippen LogP contribution in [-0.4, -0.2) is 29.7 Å². The van der Waals surface area contributed by atoms with Gasteiger partial charge in [0.15, 0.2) is 5.82 Å². The van der Waals surface area contributed by atoms with Crippen molar-refractivity contribution in [2.45, 2.75) is 38.7 Å². The minimum atomic E-state index is -0.337. The molecule has 0 saturated heterocycles. The SMILES string of the molecule is CCOC(=O)c1cnc(C(C)OC)nc1C1CC1. The van der Waals surface area contributed by atoms with E-state index >= 15 is 0 Å². The maximum absolute atomic E-state index is 11.8. The number of carbonyl (C=O) groups is 1. The fraction of sp³-hybridized carbons (Fsp3) is 0.615.